The first-order valence-corrected chi connectivity index (χ1v) is 6.75. The third-order valence-corrected chi connectivity index (χ3v) is 2.76. The van der Waals surface area contributed by atoms with Crippen molar-refractivity contribution in [2.75, 3.05) is 11.2 Å². The Morgan fingerprint density at radius 1 is 1.47 bits per heavy atom. The topological polar surface area (TPSA) is 67.5 Å². The highest BCUT2D eigenvalue weighted by Crippen LogP contribution is 2.23. The molecule has 0 bridgehead atoms. The van der Waals surface area contributed by atoms with E-state index in [0.29, 0.717) is 18.2 Å². The first-order chi connectivity index (χ1) is 8.92. The van der Waals surface area contributed by atoms with Crippen molar-refractivity contribution < 1.29 is 4.79 Å². The second-order valence-corrected chi connectivity index (χ2v) is 5.15. The molecule has 0 saturated carbocycles. The van der Waals surface area contributed by atoms with E-state index < -0.39 is 0 Å². The number of nitrogens with two attached hydrogens (primary N) is 1. The summed E-state index contributed by atoms with van der Waals surface area (Å²) >= 11 is 5.61. The van der Waals surface area contributed by atoms with Crippen LogP contribution in [-0.2, 0) is 4.79 Å². The van der Waals surface area contributed by atoms with Crippen LogP contribution in [0.1, 0.15) is 25.8 Å². The van der Waals surface area contributed by atoms with E-state index in [2.05, 4.69) is 10.3 Å². The predicted molar refractivity (Wildman–Crippen MR) is 81.3 cm³/mol. The smallest absolute Gasteiger partial charge is 0.224 e. The number of amidine groups is 1. The molecule has 4 nitrogen and oxygen atoms in total. The van der Waals surface area contributed by atoms with Gasteiger partial charge in [0.15, 0.2) is 0 Å². The van der Waals surface area contributed by atoms with E-state index in [4.69, 9.17) is 17.3 Å². The molecule has 104 valence electrons. The molecule has 0 fully saturated rings. The zero-order valence-corrected chi connectivity index (χ0v) is 12.3. The summed E-state index contributed by atoms with van der Waals surface area (Å²) in [6, 6.07) is 5.54. The van der Waals surface area contributed by atoms with Crippen molar-refractivity contribution in [1.82, 2.24) is 0 Å². The highest BCUT2D eigenvalue weighted by molar-refractivity contribution is 6.28. The third kappa shape index (κ3) is 5.30. The Labute approximate surface area is 119 Å². The van der Waals surface area contributed by atoms with Gasteiger partial charge < -0.3 is 11.1 Å². The molecule has 0 aliphatic carbocycles. The molecule has 0 aliphatic rings. The van der Waals surface area contributed by atoms with Gasteiger partial charge in [0, 0.05) is 12.1 Å². The number of amides is 1. The number of anilines is 1. The Morgan fingerprint density at radius 2 is 2.16 bits per heavy atom. The quantitative estimate of drug-likeness (QED) is 0.494. The molecule has 0 radical (unpaired) electrons. The van der Waals surface area contributed by atoms with E-state index in [9.17, 15) is 4.79 Å². The van der Waals surface area contributed by atoms with Gasteiger partial charge >= 0.3 is 0 Å². The summed E-state index contributed by atoms with van der Waals surface area (Å²) in [5, 5.41) is 2.85. The second-order valence-electron chi connectivity index (χ2n) is 4.88. The van der Waals surface area contributed by atoms with E-state index in [0.717, 1.165) is 16.9 Å². The number of carbonyl (C=O) groups excluding carboxylic acids is 1. The van der Waals surface area contributed by atoms with Crippen molar-refractivity contribution in [2.45, 2.75) is 27.2 Å². The zero-order valence-electron chi connectivity index (χ0n) is 11.5. The van der Waals surface area contributed by atoms with E-state index >= 15 is 0 Å². The number of hydrogen-bond donors (Lipinski definition) is 2. The molecule has 1 rings (SSSR count). The number of alkyl halides is 1. The van der Waals surface area contributed by atoms with Crippen molar-refractivity contribution in [3.8, 4) is 0 Å². The summed E-state index contributed by atoms with van der Waals surface area (Å²) in [6.07, 6.45) is 0.496. The average Bonchev–Trinajstić information content (AvgIpc) is 2.32. The van der Waals surface area contributed by atoms with Crippen molar-refractivity contribution in [3.63, 3.8) is 0 Å². The standard InChI is InChI=1S/C14H20ClN3O/c1-9(2)6-14(19)17-11-5-4-10(3)12(7-11)18-13(16)8-15/h4-5,7,9H,6,8H2,1-3H3,(H2,16,18)(H,17,19). The number of hydrogen-bond acceptors (Lipinski definition) is 2. The molecular weight excluding hydrogens is 262 g/mol. The SMILES string of the molecule is Cc1ccc(NC(=O)CC(C)C)cc1N=C(N)CCl. The third-order valence-electron chi connectivity index (χ3n) is 2.49. The van der Waals surface area contributed by atoms with E-state index in [1.54, 1.807) is 6.07 Å². The molecule has 19 heavy (non-hydrogen) atoms. The molecule has 0 heterocycles. The number of nitrogens with zero attached hydrogens (tertiary/aromatic N) is 1. The molecule has 0 spiro atoms. The maximum absolute atomic E-state index is 11.7. The molecule has 0 unspecified atom stereocenters. The number of rotatable bonds is 5. The first-order valence-electron chi connectivity index (χ1n) is 6.22. The average molecular weight is 282 g/mol. The number of nitrogens with one attached hydrogen (secondary N) is 1. The fourth-order valence-corrected chi connectivity index (χ4v) is 1.63. The molecule has 0 atom stereocenters. The van der Waals surface area contributed by atoms with E-state index in [-0.39, 0.29) is 11.8 Å². The fourth-order valence-electron chi connectivity index (χ4n) is 1.58. The minimum absolute atomic E-state index is 0.000835. The van der Waals surface area contributed by atoms with Gasteiger partial charge in [0.05, 0.1) is 11.6 Å². The van der Waals surface area contributed by atoms with Gasteiger partial charge in [-0.15, -0.1) is 11.6 Å². The van der Waals surface area contributed by atoms with Gasteiger partial charge in [0.2, 0.25) is 5.91 Å². The van der Waals surface area contributed by atoms with E-state index in [1.165, 1.54) is 0 Å². The summed E-state index contributed by atoms with van der Waals surface area (Å²) in [5.74, 6) is 0.868. The van der Waals surface area contributed by atoms with Crippen molar-refractivity contribution >= 4 is 34.7 Å². The molecule has 1 aromatic rings. The van der Waals surface area contributed by atoms with Gasteiger partial charge in [-0.3, -0.25) is 4.79 Å². The maximum Gasteiger partial charge on any atom is 0.224 e. The number of benzene rings is 1. The monoisotopic (exact) mass is 281 g/mol. The van der Waals surface area contributed by atoms with Gasteiger partial charge in [0.1, 0.15) is 5.84 Å². The van der Waals surface area contributed by atoms with Gasteiger partial charge in [-0.05, 0) is 30.5 Å². The van der Waals surface area contributed by atoms with Crippen LogP contribution in [0.5, 0.6) is 0 Å². The molecule has 1 aromatic carbocycles. The van der Waals surface area contributed by atoms with Crippen molar-refractivity contribution in [1.29, 1.82) is 0 Å². The van der Waals surface area contributed by atoms with Crippen molar-refractivity contribution in [3.05, 3.63) is 23.8 Å². The Bertz CT molecular complexity index is 484. The van der Waals surface area contributed by atoms with Crippen LogP contribution in [-0.4, -0.2) is 17.6 Å². The summed E-state index contributed by atoms with van der Waals surface area (Å²) < 4.78 is 0. The lowest BCUT2D eigenvalue weighted by molar-refractivity contribution is -0.116. The summed E-state index contributed by atoms with van der Waals surface area (Å²) in [4.78, 5) is 15.9. The minimum atomic E-state index is -0.000835. The maximum atomic E-state index is 11.7. The lowest BCUT2D eigenvalue weighted by Gasteiger charge is -2.09. The van der Waals surface area contributed by atoms with Gasteiger partial charge in [-0.25, -0.2) is 4.99 Å². The van der Waals surface area contributed by atoms with Crippen molar-refractivity contribution in [2.24, 2.45) is 16.6 Å². The zero-order chi connectivity index (χ0) is 14.4. The van der Waals surface area contributed by atoms with E-state index in [1.807, 2.05) is 32.9 Å². The highest BCUT2D eigenvalue weighted by Gasteiger charge is 2.06. The normalized spacial score (nSPS) is 11.7. The molecule has 1 amide bonds. The lowest BCUT2D eigenvalue weighted by Crippen LogP contribution is -2.14. The van der Waals surface area contributed by atoms with Crippen LogP contribution in [0, 0.1) is 12.8 Å². The lowest BCUT2D eigenvalue weighted by atomic mass is 10.1. The molecule has 5 heteroatoms. The molecule has 3 N–H and O–H groups in total. The largest absolute Gasteiger partial charge is 0.386 e. The molecular formula is C14H20ClN3O. The van der Waals surface area contributed by atoms with Crippen LogP contribution in [0.25, 0.3) is 0 Å². The predicted octanol–water partition coefficient (Wildman–Crippen LogP) is 3.21. The molecule has 0 saturated heterocycles. The van der Waals surface area contributed by atoms with Crippen LogP contribution in [0.15, 0.2) is 23.2 Å². The Hall–Kier alpha value is -1.55. The number of carbonyl (C=O) groups is 1. The summed E-state index contributed by atoms with van der Waals surface area (Å²) in [6.45, 7) is 5.94. The summed E-state index contributed by atoms with van der Waals surface area (Å²) in [5.41, 5.74) is 8.05. The van der Waals surface area contributed by atoms with Crippen LogP contribution in [0.4, 0.5) is 11.4 Å². The minimum Gasteiger partial charge on any atom is -0.386 e. The number of aliphatic imine (C=N–C) groups is 1. The highest BCUT2D eigenvalue weighted by atomic mass is 35.5. The number of aryl methyl sites for hydroxylation is 1. The number of halogens is 1. The van der Waals surface area contributed by atoms with Gasteiger partial charge in [-0.2, -0.15) is 0 Å². The molecule has 0 aromatic heterocycles. The fraction of sp³-hybridized carbons (Fsp3) is 0.429. The second kappa shape index (κ2) is 7.14. The Balaban J connectivity index is 2.87. The van der Waals surface area contributed by atoms with Crippen LogP contribution >= 0.6 is 11.6 Å². The van der Waals surface area contributed by atoms with Crippen LogP contribution in [0.2, 0.25) is 0 Å². The Kier molecular flexibility index (Phi) is 5.83. The van der Waals surface area contributed by atoms with Gasteiger partial charge in [-0.1, -0.05) is 19.9 Å². The summed E-state index contributed by atoms with van der Waals surface area (Å²) in [7, 11) is 0. The molecule has 0 aliphatic heterocycles. The van der Waals surface area contributed by atoms with Gasteiger partial charge in [0.25, 0.3) is 0 Å². The van der Waals surface area contributed by atoms with Crippen LogP contribution < -0.4 is 11.1 Å². The first kappa shape index (κ1) is 15.5. The van der Waals surface area contributed by atoms with Crippen LogP contribution in [0.3, 0.4) is 0 Å². The Morgan fingerprint density at radius 3 is 2.74 bits per heavy atom.